The predicted molar refractivity (Wildman–Crippen MR) is 55.9 cm³/mol. The van der Waals surface area contributed by atoms with Crippen molar-refractivity contribution >= 4 is 31.8 Å². The molecule has 0 radical (unpaired) electrons. The summed E-state index contributed by atoms with van der Waals surface area (Å²) >= 11 is 10.9. The predicted octanol–water partition coefficient (Wildman–Crippen LogP) is 1.55. The summed E-state index contributed by atoms with van der Waals surface area (Å²) in [6, 6.07) is 3.54. The Morgan fingerprint density at radius 2 is 1.44 bits per heavy atom. The summed E-state index contributed by atoms with van der Waals surface area (Å²) in [6.07, 6.45) is 0. The van der Waals surface area contributed by atoms with Crippen LogP contribution in [-0.2, 0) is 13.6 Å². The van der Waals surface area contributed by atoms with Gasteiger partial charge in [0, 0.05) is 4.57 Å². The first-order valence-corrected chi connectivity index (χ1v) is 5.65. The molecule has 7 nitrogen and oxygen atoms in total. The zero-order valence-corrected chi connectivity index (χ0v) is 10.5. The van der Waals surface area contributed by atoms with E-state index >= 15 is 0 Å². The van der Waals surface area contributed by atoms with Crippen molar-refractivity contribution < 1.29 is 13.6 Å². The highest BCUT2D eigenvalue weighted by molar-refractivity contribution is 7.33. The van der Waals surface area contributed by atoms with Crippen LogP contribution in [0.5, 0.6) is 0 Å². The smallest absolute Gasteiger partial charge is 0.197 e. The summed E-state index contributed by atoms with van der Waals surface area (Å²) in [6.45, 7) is -0.572. The quantitative estimate of drug-likeness (QED) is 0.289. The van der Waals surface area contributed by atoms with Crippen LogP contribution in [-0.4, -0.2) is 35.4 Å². The maximum Gasteiger partial charge on any atom is 0.700 e. The molecule has 88 valence electrons. The molecule has 10 heteroatoms. The molecule has 0 aromatic heterocycles. The minimum atomic E-state index is -2.39. The first-order chi connectivity index (χ1) is 7.60. The summed E-state index contributed by atoms with van der Waals surface area (Å²) in [5.74, 6) is 0. The molecule has 0 saturated carbocycles. The Hall–Kier alpha value is -0.500. The first kappa shape index (κ1) is 15.5. The third-order valence-electron chi connectivity index (χ3n) is 1.09. The van der Waals surface area contributed by atoms with Crippen LogP contribution in [0.25, 0.3) is 0 Å². The zero-order chi connectivity index (χ0) is 12.4. The fourth-order valence-corrected chi connectivity index (χ4v) is 1.38. The van der Waals surface area contributed by atoms with E-state index in [-0.39, 0.29) is 26.6 Å². The van der Waals surface area contributed by atoms with Crippen molar-refractivity contribution in [3.05, 3.63) is 0 Å². The highest BCUT2D eigenvalue weighted by Gasteiger charge is 2.23. The van der Waals surface area contributed by atoms with Gasteiger partial charge in [0.2, 0.25) is 0 Å². The van der Waals surface area contributed by atoms with Crippen LogP contribution in [0, 0.1) is 22.7 Å². The average molecular weight is 286 g/mol. The fourth-order valence-electron chi connectivity index (χ4n) is 0.502. The van der Waals surface area contributed by atoms with Crippen LogP contribution < -0.4 is 0 Å². The van der Waals surface area contributed by atoms with Gasteiger partial charge in [-0.2, -0.15) is 19.4 Å². The van der Waals surface area contributed by atoms with Gasteiger partial charge in [0.1, 0.15) is 13.1 Å². The molecule has 0 aliphatic carbocycles. The number of hydrogen-bond acceptors (Lipinski definition) is 7. The molecule has 0 aliphatic rings. The van der Waals surface area contributed by atoms with Gasteiger partial charge in [-0.05, 0) is 23.6 Å². The van der Waals surface area contributed by atoms with E-state index in [0.29, 0.717) is 0 Å². The van der Waals surface area contributed by atoms with E-state index in [1.807, 2.05) is 0 Å². The molecule has 0 aliphatic heterocycles. The second-order valence-electron chi connectivity index (χ2n) is 2.30. The van der Waals surface area contributed by atoms with Gasteiger partial charge < -0.3 is 0 Å². The molecule has 0 aromatic carbocycles. The van der Waals surface area contributed by atoms with Gasteiger partial charge in [0.15, 0.2) is 13.5 Å². The molecular weight excluding hydrogens is 278 g/mol. The van der Waals surface area contributed by atoms with E-state index in [2.05, 4.69) is 9.05 Å². The Balaban J connectivity index is 3.60. The molecule has 0 N–H and O–H groups in total. The lowest BCUT2D eigenvalue weighted by atomic mass is 10.7. The van der Waals surface area contributed by atoms with Gasteiger partial charge in [0.05, 0.1) is 12.1 Å². The minimum absolute atomic E-state index is 0.0687. The first-order valence-electron chi connectivity index (χ1n) is 3.88. The molecular formula is C6H8Cl2N4O3P+. The van der Waals surface area contributed by atoms with Crippen molar-refractivity contribution in [1.82, 2.24) is 8.84 Å². The summed E-state index contributed by atoms with van der Waals surface area (Å²) in [4.78, 5) is 0. The van der Waals surface area contributed by atoms with E-state index in [9.17, 15) is 4.57 Å². The Labute approximate surface area is 104 Å². The van der Waals surface area contributed by atoms with Crippen LogP contribution >= 0.6 is 31.8 Å². The topological polar surface area (TPSA) is 89.6 Å². The van der Waals surface area contributed by atoms with Crippen molar-refractivity contribution in [2.45, 2.75) is 0 Å². The molecule has 16 heavy (non-hydrogen) atoms. The summed E-state index contributed by atoms with van der Waals surface area (Å²) in [7, 11) is -2.39. The monoisotopic (exact) mass is 285 g/mol. The van der Waals surface area contributed by atoms with E-state index in [4.69, 9.17) is 34.1 Å². The standard InChI is InChI=1S/C6H8Cl2N4O3P/c7-11(3-1-9)5-14-16(13)15-6-12(8)4-2-10/h3-6H2/q+1. The second-order valence-corrected chi connectivity index (χ2v) is 4.22. The lowest BCUT2D eigenvalue weighted by Gasteiger charge is -2.04. The molecule has 0 rings (SSSR count). The Kier molecular flexibility index (Phi) is 9.40. The number of nitrogens with zero attached hydrogens (tertiary/aromatic N) is 4. The van der Waals surface area contributed by atoms with Gasteiger partial charge in [-0.25, -0.2) is 0 Å². The van der Waals surface area contributed by atoms with Gasteiger partial charge in [-0.1, -0.05) is 0 Å². The number of hydrogen-bond donors (Lipinski definition) is 0. The fraction of sp³-hybridized carbons (Fsp3) is 0.667. The van der Waals surface area contributed by atoms with Crippen molar-refractivity contribution in [1.29, 1.82) is 10.5 Å². The lowest BCUT2D eigenvalue weighted by Crippen LogP contribution is -2.16. The van der Waals surface area contributed by atoms with Gasteiger partial charge in [-0.3, -0.25) is 0 Å². The third-order valence-corrected chi connectivity index (χ3v) is 2.18. The molecule has 0 bridgehead atoms. The van der Waals surface area contributed by atoms with Crippen LogP contribution in [0.1, 0.15) is 0 Å². The van der Waals surface area contributed by atoms with E-state index in [1.165, 1.54) is 0 Å². The summed E-state index contributed by atoms with van der Waals surface area (Å²) < 4.78 is 22.3. The highest BCUT2D eigenvalue weighted by Crippen LogP contribution is 2.24. The average Bonchev–Trinajstić information content (AvgIpc) is 2.24. The molecule has 0 atom stereocenters. The SMILES string of the molecule is N#CCN(Cl)CO[P+](=O)OCN(Cl)CC#N. The molecule has 0 fully saturated rings. The maximum atomic E-state index is 11.0. The van der Waals surface area contributed by atoms with Crippen molar-refractivity contribution in [3.8, 4) is 12.1 Å². The molecule has 0 aromatic rings. The largest absolute Gasteiger partial charge is 0.700 e. The number of rotatable bonds is 8. The van der Waals surface area contributed by atoms with Crippen molar-refractivity contribution in [2.75, 3.05) is 26.6 Å². The zero-order valence-electron chi connectivity index (χ0n) is 8.05. The van der Waals surface area contributed by atoms with E-state index < -0.39 is 8.25 Å². The Morgan fingerprint density at radius 3 is 1.75 bits per heavy atom. The van der Waals surface area contributed by atoms with Crippen LogP contribution in [0.4, 0.5) is 0 Å². The maximum absolute atomic E-state index is 11.0. The Bertz CT molecular complexity index is 277. The second kappa shape index (κ2) is 9.71. The van der Waals surface area contributed by atoms with Crippen LogP contribution in [0.15, 0.2) is 0 Å². The molecule has 0 saturated heterocycles. The van der Waals surface area contributed by atoms with Gasteiger partial charge in [0.25, 0.3) is 0 Å². The van der Waals surface area contributed by atoms with E-state index in [0.717, 1.165) is 8.84 Å². The number of halogens is 2. The van der Waals surface area contributed by atoms with Crippen molar-refractivity contribution in [3.63, 3.8) is 0 Å². The van der Waals surface area contributed by atoms with Crippen LogP contribution in [0.2, 0.25) is 0 Å². The van der Waals surface area contributed by atoms with E-state index in [1.54, 1.807) is 12.1 Å². The molecule has 0 amide bonds. The normalized spacial score (nSPS) is 10.1. The van der Waals surface area contributed by atoms with Gasteiger partial charge >= 0.3 is 8.25 Å². The third kappa shape index (κ3) is 8.78. The molecule has 0 spiro atoms. The highest BCUT2D eigenvalue weighted by atomic mass is 35.5. The van der Waals surface area contributed by atoms with Crippen LogP contribution in [0.3, 0.4) is 0 Å². The Morgan fingerprint density at radius 1 is 1.06 bits per heavy atom. The molecule has 0 unspecified atom stereocenters. The minimum Gasteiger partial charge on any atom is -0.197 e. The number of nitriles is 2. The summed E-state index contributed by atoms with van der Waals surface area (Å²) in [5, 5.41) is 16.5. The summed E-state index contributed by atoms with van der Waals surface area (Å²) in [5.41, 5.74) is 0. The molecule has 0 heterocycles. The van der Waals surface area contributed by atoms with Gasteiger partial charge in [-0.15, -0.1) is 9.05 Å². The van der Waals surface area contributed by atoms with Crippen molar-refractivity contribution in [2.24, 2.45) is 0 Å². The lowest BCUT2D eigenvalue weighted by molar-refractivity contribution is 0.150.